The van der Waals surface area contributed by atoms with Gasteiger partial charge in [-0.1, -0.05) is 23.7 Å². The van der Waals surface area contributed by atoms with Gasteiger partial charge in [0, 0.05) is 30.4 Å². The van der Waals surface area contributed by atoms with Crippen LogP contribution in [0.4, 0.5) is 11.6 Å². The summed E-state index contributed by atoms with van der Waals surface area (Å²) in [5.41, 5.74) is 2.33. The third-order valence-corrected chi connectivity index (χ3v) is 5.95. The van der Waals surface area contributed by atoms with Crippen molar-refractivity contribution in [2.24, 2.45) is 0 Å². The molecule has 0 aliphatic carbocycles. The minimum Gasteiger partial charge on any atom is -0.387 e. The van der Waals surface area contributed by atoms with E-state index in [2.05, 4.69) is 25.7 Å². The first kappa shape index (κ1) is 24.1. The molecule has 2 aromatic heterocycles. The molecule has 0 unspecified atom stereocenters. The Morgan fingerprint density at radius 2 is 1.94 bits per heavy atom. The standard InChI is InChI=1S/C23H23ClN8O3/c24-19-12-27-23(30-21(19)15-1-3-16(4-2-15)22(35)26-8-7-25)29-17-11-28-32(13-17)18-5-9-31(10-6-18)20(34)14-33/h1-4,11-13,18,33H,5-6,8-10,14H2,(H,26,35)(H,27,29,30). The number of hydrogen-bond acceptors (Lipinski definition) is 8. The summed E-state index contributed by atoms with van der Waals surface area (Å²) in [4.78, 5) is 34.1. The number of nitriles is 1. The molecular formula is C23H23ClN8O3. The first-order valence-electron chi connectivity index (χ1n) is 11.0. The van der Waals surface area contributed by atoms with E-state index < -0.39 is 6.61 Å². The predicted octanol–water partition coefficient (Wildman–Crippen LogP) is 2.15. The fourth-order valence-electron chi connectivity index (χ4n) is 3.84. The zero-order chi connectivity index (χ0) is 24.8. The molecule has 12 heteroatoms. The van der Waals surface area contributed by atoms with Crippen LogP contribution in [0.5, 0.6) is 0 Å². The number of piperidine rings is 1. The van der Waals surface area contributed by atoms with Crippen LogP contribution in [-0.2, 0) is 4.79 Å². The van der Waals surface area contributed by atoms with Gasteiger partial charge in [-0.15, -0.1) is 0 Å². The van der Waals surface area contributed by atoms with Crippen LogP contribution in [0.25, 0.3) is 11.3 Å². The Bertz CT molecular complexity index is 1250. The van der Waals surface area contributed by atoms with Gasteiger partial charge < -0.3 is 20.6 Å². The summed E-state index contributed by atoms with van der Waals surface area (Å²) < 4.78 is 1.86. The molecule has 1 fully saturated rings. The molecule has 1 aromatic carbocycles. The highest BCUT2D eigenvalue weighted by Crippen LogP contribution is 2.28. The summed E-state index contributed by atoms with van der Waals surface area (Å²) in [5.74, 6) is -0.251. The molecular weight excluding hydrogens is 472 g/mol. The van der Waals surface area contributed by atoms with E-state index in [0.29, 0.717) is 46.6 Å². The normalized spacial score (nSPS) is 13.8. The minimum absolute atomic E-state index is 0.0630. The quantitative estimate of drug-likeness (QED) is 0.423. The third-order valence-electron chi connectivity index (χ3n) is 5.68. The number of aliphatic hydroxyl groups excluding tert-OH is 1. The molecule has 0 atom stereocenters. The van der Waals surface area contributed by atoms with E-state index >= 15 is 0 Å². The second kappa shape index (κ2) is 10.9. The second-order valence-corrected chi connectivity index (χ2v) is 8.32. The Kier molecular flexibility index (Phi) is 7.54. The number of aromatic nitrogens is 4. The van der Waals surface area contributed by atoms with Gasteiger partial charge in [-0.3, -0.25) is 14.3 Å². The Hall–Kier alpha value is -4.01. The molecule has 180 valence electrons. The van der Waals surface area contributed by atoms with E-state index in [-0.39, 0.29) is 24.4 Å². The van der Waals surface area contributed by atoms with Crippen LogP contribution in [-0.4, -0.2) is 67.8 Å². The molecule has 2 amide bonds. The summed E-state index contributed by atoms with van der Waals surface area (Å²) in [5, 5.41) is 28.0. The lowest BCUT2D eigenvalue weighted by Crippen LogP contribution is -2.40. The van der Waals surface area contributed by atoms with Gasteiger partial charge in [0.05, 0.1) is 40.9 Å². The van der Waals surface area contributed by atoms with Gasteiger partial charge in [-0.25, -0.2) is 9.97 Å². The summed E-state index contributed by atoms with van der Waals surface area (Å²) in [6, 6.07) is 8.74. The zero-order valence-electron chi connectivity index (χ0n) is 18.7. The van der Waals surface area contributed by atoms with E-state index in [0.717, 1.165) is 12.8 Å². The van der Waals surface area contributed by atoms with Crippen LogP contribution in [0, 0.1) is 11.3 Å². The average molecular weight is 495 g/mol. The maximum absolute atomic E-state index is 12.0. The van der Waals surface area contributed by atoms with Crippen LogP contribution in [0.2, 0.25) is 5.02 Å². The van der Waals surface area contributed by atoms with E-state index in [4.69, 9.17) is 22.0 Å². The van der Waals surface area contributed by atoms with Crippen molar-refractivity contribution >= 4 is 35.1 Å². The van der Waals surface area contributed by atoms with Crippen LogP contribution >= 0.6 is 11.6 Å². The number of hydrogen-bond donors (Lipinski definition) is 3. The maximum Gasteiger partial charge on any atom is 0.252 e. The van der Waals surface area contributed by atoms with Crippen LogP contribution < -0.4 is 10.6 Å². The molecule has 3 heterocycles. The number of carbonyl (C=O) groups excluding carboxylic acids is 2. The Morgan fingerprint density at radius 3 is 2.63 bits per heavy atom. The second-order valence-electron chi connectivity index (χ2n) is 7.91. The van der Waals surface area contributed by atoms with Gasteiger partial charge in [0.1, 0.15) is 13.2 Å². The first-order chi connectivity index (χ1) is 17.0. The average Bonchev–Trinajstić information content (AvgIpc) is 3.36. The van der Waals surface area contributed by atoms with Crippen molar-refractivity contribution in [2.75, 3.05) is 31.6 Å². The molecule has 4 rings (SSSR count). The van der Waals surface area contributed by atoms with Gasteiger partial charge >= 0.3 is 0 Å². The molecule has 1 aliphatic heterocycles. The predicted molar refractivity (Wildman–Crippen MR) is 128 cm³/mol. The lowest BCUT2D eigenvalue weighted by atomic mass is 10.1. The van der Waals surface area contributed by atoms with Gasteiger partial charge in [-0.05, 0) is 25.0 Å². The number of halogens is 1. The van der Waals surface area contributed by atoms with Gasteiger partial charge in [-0.2, -0.15) is 10.4 Å². The maximum atomic E-state index is 12.0. The number of aliphatic hydroxyl groups is 1. The van der Waals surface area contributed by atoms with Crippen molar-refractivity contribution in [1.82, 2.24) is 30.0 Å². The fraction of sp³-hybridized carbons (Fsp3) is 0.304. The van der Waals surface area contributed by atoms with Crippen molar-refractivity contribution in [1.29, 1.82) is 5.26 Å². The molecule has 3 N–H and O–H groups in total. The molecule has 0 saturated carbocycles. The van der Waals surface area contributed by atoms with E-state index in [1.165, 1.54) is 6.20 Å². The van der Waals surface area contributed by atoms with Gasteiger partial charge in [0.25, 0.3) is 5.91 Å². The topological polar surface area (TPSA) is 149 Å². The summed E-state index contributed by atoms with van der Waals surface area (Å²) >= 11 is 6.33. The van der Waals surface area contributed by atoms with Crippen LogP contribution in [0.1, 0.15) is 29.2 Å². The largest absolute Gasteiger partial charge is 0.387 e. The Morgan fingerprint density at radius 1 is 1.20 bits per heavy atom. The van der Waals surface area contributed by atoms with Crippen molar-refractivity contribution in [3.05, 3.63) is 53.4 Å². The lowest BCUT2D eigenvalue weighted by Gasteiger charge is -2.31. The Balaban J connectivity index is 1.43. The third kappa shape index (κ3) is 5.74. The van der Waals surface area contributed by atoms with Crippen LogP contribution in [0.15, 0.2) is 42.9 Å². The molecule has 35 heavy (non-hydrogen) atoms. The van der Waals surface area contributed by atoms with Crippen molar-refractivity contribution in [2.45, 2.75) is 18.9 Å². The van der Waals surface area contributed by atoms with Gasteiger partial charge in [0.15, 0.2) is 0 Å². The highest BCUT2D eigenvalue weighted by atomic mass is 35.5. The van der Waals surface area contributed by atoms with Crippen molar-refractivity contribution in [3.8, 4) is 17.3 Å². The molecule has 3 aromatic rings. The SMILES string of the molecule is N#CCNC(=O)c1ccc(-c2nc(Nc3cnn(C4CCN(C(=O)CO)CC4)c3)ncc2Cl)cc1. The number of nitrogens with zero attached hydrogens (tertiary/aromatic N) is 6. The van der Waals surface area contributed by atoms with Crippen molar-refractivity contribution in [3.63, 3.8) is 0 Å². The highest BCUT2D eigenvalue weighted by Gasteiger charge is 2.24. The number of rotatable bonds is 7. The highest BCUT2D eigenvalue weighted by molar-refractivity contribution is 6.32. The zero-order valence-corrected chi connectivity index (χ0v) is 19.4. The smallest absolute Gasteiger partial charge is 0.252 e. The van der Waals surface area contributed by atoms with E-state index in [1.807, 2.05) is 16.9 Å². The number of anilines is 2. The van der Waals surface area contributed by atoms with Crippen molar-refractivity contribution < 1.29 is 14.7 Å². The fourth-order valence-corrected chi connectivity index (χ4v) is 4.04. The molecule has 1 saturated heterocycles. The van der Waals surface area contributed by atoms with E-state index in [9.17, 15) is 9.59 Å². The molecule has 0 bridgehead atoms. The first-order valence-corrected chi connectivity index (χ1v) is 11.3. The number of benzene rings is 1. The lowest BCUT2D eigenvalue weighted by molar-refractivity contribution is -0.135. The summed E-state index contributed by atoms with van der Waals surface area (Å²) in [7, 11) is 0. The molecule has 0 spiro atoms. The summed E-state index contributed by atoms with van der Waals surface area (Å²) in [6.07, 6.45) is 6.54. The number of carbonyl (C=O) groups is 2. The Labute approximate surface area is 206 Å². The van der Waals surface area contributed by atoms with E-state index in [1.54, 1.807) is 35.4 Å². The van der Waals surface area contributed by atoms with Gasteiger partial charge in [0.2, 0.25) is 11.9 Å². The molecule has 0 radical (unpaired) electrons. The monoisotopic (exact) mass is 494 g/mol. The number of amides is 2. The molecule has 1 aliphatic rings. The number of likely N-dealkylation sites (tertiary alicyclic amines) is 1. The minimum atomic E-state index is -0.467. The number of nitrogens with one attached hydrogen (secondary N) is 2. The molecule has 11 nitrogen and oxygen atoms in total. The van der Waals surface area contributed by atoms with Crippen LogP contribution in [0.3, 0.4) is 0 Å². The summed E-state index contributed by atoms with van der Waals surface area (Å²) in [6.45, 7) is 0.627.